The molecule has 0 aromatic heterocycles. The highest BCUT2D eigenvalue weighted by Gasteiger charge is 2.38. The molecule has 1 fully saturated rings. The fraction of sp³-hybridized carbons (Fsp3) is 0.750. The highest BCUT2D eigenvalue weighted by atomic mass is 32.1. The highest BCUT2D eigenvalue weighted by molar-refractivity contribution is 7.80. The molecule has 0 radical (unpaired) electrons. The number of carbonyl (C=O) groups excluding carboxylic acids is 2. The van der Waals surface area contributed by atoms with Gasteiger partial charge in [-0.3, -0.25) is 9.59 Å². The van der Waals surface area contributed by atoms with Gasteiger partial charge in [0, 0.05) is 6.04 Å². The van der Waals surface area contributed by atoms with Crippen LogP contribution < -0.4 is 11.5 Å². The van der Waals surface area contributed by atoms with Gasteiger partial charge in [0.2, 0.25) is 11.8 Å². The van der Waals surface area contributed by atoms with E-state index in [-0.39, 0.29) is 23.5 Å². The molecule has 5 nitrogen and oxygen atoms in total. The summed E-state index contributed by atoms with van der Waals surface area (Å²) in [4.78, 5) is 25.3. The van der Waals surface area contributed by atoms with E-state index in [0.717, 1.165) is 25.7 Å². The van der Waals surface area contributed by atoms with Crippen LogP contribution in [0.25, 0.3) is 0 Å². The average Bonchev–Trinajstić information content (AvgIpc) is 2.77. The standard InChI is InChI=1S/C12H21N3O2S/c1-12(2,10(14)18)11(17)15(7-9(13)16)8-5-3-4-6-8/h8H,3-7H2,1-2H3,(H2,13,16)(H2,14,18). The average molecular weight is 271 g/mol. The van der Waals surface area contributed by atoms with Crippen molar-refractivity contribution in [3.8, 4) is 0 Å². The Labute approximate surface area is 113 Å². The molecule has 1 rings (SSSR count). The first-order chi connectivity index (χ1) is 8.26. The topological polar surface area (TPSA) is 89.4 Å². The number of nitrogens with zero attached hydrogens (tertiary/aromatic N) is 1. The van der Waals surface area contributed by atoms with Gasteiger partial charge in [0.25, 0.3) is 0 Å². The molecule has 0 aromatic carbocycles. The Balaban J connectivity index is 2.91. The van der Waals surface area contributed by atoms with Crippen molar-refractivity contribution in [3.05, 3.63) is 0 Å². The third-order valence-corrected chi connectivity index (χ3v) is 4.01. The molecule has 0 aliphatic heterocycles. The van der Waals surface area contributed by atoms with Gasteiger partial charge in [-0.2, -0.15) is 0 Å². The minimum atomic E-state index is -0.937. The Kier molecular flexibility index (Phi) is 4.67. The minimum Gasteiger partial charge on any atom is -0.392 e. The number of rotatable bonds is 5. The molecule has 0 heterocycles. The van der Waals surface area contributed by atoms with Crippen LogP contribution in [0.3, 0.4) is 0 Å². The van der Waals surface area contributed by atoms with E-state index >= 15 is 0 Å². The number of thiocarbonyl (C=S) groups is 1. The maximum atomic E-state index is 12.5. The second kappa shape index (κ2) is 5.65. The molecule has 1 aliphatic carbocycles. The summed E-state index contributed by atoms with van der Waals surface area (Å²) in [6, 6.07) is 0.0821. The van der Waals surface area contributed by atoms with E-state index in [0.29, 0.717) is 0 Å². The number of hydrogen-bond acceptors (Lipinski definition) is 3. The van der Waals surface area contributed by atoms with Gasteiger partial charge in [0.1, 0.15) is 0 Å². The molecule has 0 saturated heterocycles. The Hall–Kier alpha value is -1.17. The van der Waals surface area contributed by atoms with Crippen LogP contribution in [0.1, 0.15) is 39.5 Å². The van der Waals surface area contributed by atoms with E-state index in [1.54, 1.807) is 18.7 Å². The quantitative estimate of drug-likeness (QED) is 0.715. The zero-order valence-electron chi connectivity index (χ0n) is 10.9. The van der Waals surface area contributed by atoms with Crippen LogP contribution in [0.5, 0.6) is 0 Å². The third-order valence-electron chi connectivity index (χ3n) is 3.50. The van der Waals surface area contributed by atoms with Crippen molar-refractivity contribution in [2.24, 2.45) is 16.9 Å². The molecule has 1 aliphatic rings. The van der Waals surface area contributed by atoms with Gasteiger partial charge in [-0.25, -0.2) is 0 Å². The van der Waals surface area contributed by atoms with Gasteiger partial charge in [-0.1, -0.05) is 25.1 Å². The summed E-state index contributed by atoms with van der Waals surface area (Å²) < 4.78 is 0. The minimum absolute atomic E-state index is 0.0600. The lowest BCUT2D eigenvalue weighted by atomic mass is 9.90. The Morgan fingerprint density at radius 1 is 1.28 bits per heavy atom. The van der Waals surface area contributed by atoms with Crippen molar-refractivity contribution in [2.75, 3.05) is 6.54 Å². The number of hydrogen-bond donors (Lipinski definition) is 2. The molecular weight excluding hydrogens is 250 g/mol. The second-order valence-electron chi connectivity index (χ2n) is 5.33. The first kappa shape index (κ1) is 14.9. The second-order valence-corrected chi connectivity index (χ2v) is 5.77. The molecule has 0 unspecified atom stereocenters. The van der Waals surface area contributed by atoms with Crippen molar-refractivity contribution in [1.29, 1.82) is 0 Å². The lowest BCUT2D eigenvalue weighted by Crippen LogP contribution is -2.52. The van der Waals surface area contributed by atoms with Crippen LogP contribution in [-0.2, 0) is 9.59 Å². The van der Waals surface area contributed by atoms with Gasteiger partial charge in [0.15, 0.2) is 0 Å². The normalized spacial score (nSPS) is 16.6. The zero-order chi connectivity index (χ0) is 13.9. The van der Waals surface area contributed by atoms with Crippen molar-refractivity contribution < 1.29 is 9.59 Å². The Morgan fingerprint density at radius 3 is 2.17 bits per heavy atom. The lowest BCUT2D eigenvalue weighted by Gasteiger charge is -2.34. The molecule has 0 aromatic rings. The third kappa shape index (κ3) is 3.19. The smallest absolute Gasteiger partial charge is 0.237 e. The van der Waals surface area contributed by atoms with Gasteiger partial charge in [-0.15, -0.1) is 0 Å². The fourth-order valence-corrected chi connectivity index (χ4v) is 2.30. The van der Waals surface area contributed by atoms with E-state index in [1.165, 1.54) is 0 Å². The molecule has 102 valence electrons. The lowest BCUT2D eigenvalue weighted by molar-refractivity contribution is -0.142. The van der Waals surface area contributed by atoms with Crippen molar-refractivity contribution in [3.63, 3.8) is 0 Å². The van der Waals surface area contributed by atoms with Crippen LogP contribution >= 0.6 is 12.2 Å². The Morgan fingerprint density at radius 2 is 1.78 bits per heavy atom. The molecule has 0 bridgehead atoms. The molecular formula is C12H21N3O2S. The van der Waals surface area contributed by atoms with Crippen LogP contribution in [-0.4, -0.2) is 34.3 Å². The number of amides is 2. The van der Waals surface area contributed by atoms with Crippen LogP contribution in [0.15, 0.2) is 0 Å². The SMILES string of the molecule is CC(C)(C(=O)N(CC(N)=O)C1CCCC1)C(N)=S. The largest absolute Gasteiger partial charge is 0.392 e. The summed E-state index contributed by atoms with van der Waals surface area (Å²) in [5.41, 5.74) is 9.89. The van der Waals surface area contributed by atoms with E-state index in [2.05, 4.69) is 0 Å². The predicted octanol–water partition coefficient (Wildman–Crippen LogP) is 0.555. The summed E-state index contributed by atoms with van der Waals surface area (Å²) in [5.74, 6) is -0.713. The Bertz CT molecular complexity index is 362. The van der Waals surface area contributed by atoms with E-state index < -0.39 is 11.3 Å². The predicted molar refractivity (Wildman–Crippen MR) is 73.7 cm³/mol. The summed E-state index contributed by atoms with van der Waals surface area (Å²) in [6.45, 7) is 3.30. The highest BCUT2D eigenvalue weighted by Crippen LogP contribution is 2.28. The summed E-state index contributed by atoms with van der Waals surface area (Å²) >= 11 is 4.93. The molecule has 6 heteroatoms. The van der Waals surface area contributed by atoms with Gasteiger partial charge < -0.3 is 16.4 Å². The fourth-order valence-electron chi connectivity index (χ4n) is 2.21. The molecule has 1 saturated carbocycles. The van der Waals surface area contributed by atoms with E-state index in [1.807, 2.05) is 0 Å². The number of primary amides is 1. The number of nitrogens with two attached hydrogens (primary N) is 2. The maximum absolute atomic E-state index is 12.5. The molecule has 18 heavy (non-hydrogen) atoms. The van der Waals surface area contributed by atoms with Crippen molar-refractivity contribution in [2.45, 2.75) is 45.6 Å². The van der Waals surface area contributed by atoms with Gasteiger partial charge in [-0.05, 0) is 26.7 Å². The molecule has 2 amide bonds. The van der Waals surface area contributed by atoms with Crippen molar-refractivity contribution in [1.82, 2.24) is 4.90 Å². The summed E-state index contributed by atoms with van der Waals surface area (Å²) in [6.07, 6.45) is 3.96. The van der Waals surface area contributed by atoms with Crippen molar-refractivity contribution >= 4 is 29.0 Å². The summed E-state index contributed by atoms with van der Waals surface area (Å²) in [5, 5.41) is 0. The zero-order valence-corrected chi connectivity index (χ0v) is 11.8. The number of carbonyl (C=O) groups is 2. The maximum Gasteiger partial charge on any atom is 0.237 e. The van der Waals surface area contributed by atoms with Gasteiger partial charge in [0.05, 0.1) is 16.9 Å². The van der Waals surface area contributed by atoms with E-state index in [4.69, 9.17) is 23.7 Å². The first-order valence-electron chi connectivity index (χ1n) is 6.16. The molecule has 4 N–H and O–H groups in total. The molecule has 0 atom stereocenters. The monoisotopic (exact) mass is 271 g/mol. The van der Waals surface area contributed by atoms with E-state index in [9.17, 15) is 9.59 Å². The summed E-state index contributed by atoms with van der Waals surface area (Å²) in [7, 11) is 0. The van der Waals surface area contributed by atoms with Crippen LogP contribution in [0.2, 0.25) is 0 Å². The van der Waals surface area contributed by atoms with Crippen LogP contribution in [0, 0.1) is 5.41 Å². The molecule has 0 spiro atoms. The first-order valence-corrected chi connectivity index (χ1v) is 6.57. The van der Waals surface area contributed by atoms with Gasteiger partial charge >= 0.3 is 0 Å². The van der Waals surface area contributed by atoms with Crippen LogP contribution in [0.4, 0.5) is 0 Å².